The van der Waals surface area contributed by atoms with Crippen LogP contribution in [0.4, 0.5) is 4.39 Å². The zero-order chi connectivity index (χ0) is 18.3. The average Bonchev–Trinajstić information content (AvgIpc) is 3.35. The summed E-state index contributed by atoms with van der Waals surface area (Å²) in [4.78, 5) is 26.9. The highest BCUT2D eigenvalue weighted by molar-refractivity contribution is 5.82. The molecule has 1 aliphatic carbocycles. The number of carbonyl (C=O) groups is 1. The van der Waals surface area contributed by atoms with E-state index < -0.39 is 0 Å². The van der Waals surface area contributed by atoms with Crippen LogP contribution in [0.15, 0.2) is 41.2 Å². The van der Waals surface area contributed by atoms with Gasteiger partial charge in [-0.2, -0.15) is 0 Å². The summed E-state index contributed by atoms with van der Waals surface area (Å²) in [5, 5.41) is 2.88. The van der Waals surface area contributed by atoms with Crippen molar-refractivity contribution in [1.29, 1.82) is 0 Å². The zero-order valence-electron chi connectivity index (χ0n) is 14.6. The fraction of sp³-hybridized carbons (Fsp3) is 0.333. The lowest BCUT2D eigenvalue weighted by atomic mass is 9.97. The maximum atomic E-state index is 14.6. The third-order valence-corrected chi connectivity index (χ3v) is 5.06. The van der Waals surface area contributed by atoms with Gasteiger partial charge in [0, 0.05) is 34.9 Å². The van der Waals surface area contributed by atoms with Gasteiger partial charge >= 0.3 is 0 Å². The number of pyridine rings is 1. The molecule has 1 saturated carbocycles. The number of H-pyrrole nitrogens is 1. The second kappa shape index (κ2) is 6.56. The lowest BCUT2D eigenvalue weighted by molar-refractivity contribution is -0.119. The molecule has 2 heterocycles. The molecule has 26 heavy (non-hydrogen) atoms. The van der Waals surface area contributed by atoms with Crippen LogP contribution in [0, 0.1) is 12.7 Å². The van der Waals surface area contributed by atoms with Crippen molar-refractivity contribution in [2.45, 2.75) is 44.6 Å². The molecule has 1 aromatic heterocycles. The van der Waals surface area contributed by atoms with E-state index >= 15 is 0 Å². The quantitative estimate of drug-likeness (QED) is 0.886. The summed E-state index contributed by atoms with van der Waals surface area (Å²) in [5.41, 5.74) is 3.12. The molecule has 4 rings (SSSR count). The van der Waals surface area contributed by atoms with Crippen LogP contribution in [0.25, 0.3) is 5.57 Å². The van der Waals surface area contributed by atoms with Gasteiger partial charge in [-0.1, -0.05) is 24.3 Å². The number of hydrogen-bond donors (Lipinski definition) is 2. The molecule has 1 atom stereocenters. The molecule has 0 bridgehead atoms. The second-order valence-corrected chi connectivity index (χ2v) is 7.21. The first kappa shape index (κ1) is 16.8. The number of aryl methyl sites for hydroxylation is 1. The Labute approximate surface area is 151 Å². The van der Waals surface area contributed by atoms with E-state index in [4.69, 9.17) is 0 Å². The number of aromatic amines is 1. The van der Waals surface area contributed by atoms with E-state index in [-0.39, 0.29) is 23.3 Å². The lowest BCUT2D eigenvalue weighted by Gasteiger charge is -2.14. The molecule has 1 amide bonds. The van der Waals surface area contributed by atoms with Crippen LogP contribution in [-0.2, 0) is 4.79 Å². The summed E-state index contributed by atoms with van der Waals surface area (Å²) in [7, 11) is 0. The summed E-state index contributed by atoms with van der Waals surface area (Å²) in [6.45, 7) is 1.83. The first-order valence-electron chi connectivity index (χ1n) is 9.02. The van der Waals surface area contributed by atoms with Gasteiger partial charge in [-0.05, 0) is 49.8 Å². The monoisotopic (exact) mass is 352 g/mol. The van der Waals surface area contributed by atoms with Crippen LogP contribution in [-0.4, -0.2) is 16.9 Å². The molecule has 2 N–H and O–H groups in total. The van der Waals surface area contributed by atoms with E-state index in [0.29, 0.717) is 35.6 Å². The molecule has 2 fully saturated rings. The Kier molecular flexibility index (Phi) is 4.23. The van der Waals surface area contributed by atoms with E-state index in [1.165, 1.54) is 6.07 Å². The highest BCUT2D eigenvalue weighted by Gasteiger charge is 2.27. The molecule has 2 aromatic rings. The third-order valence-electron chi connectivity index (χ3n) is 5.06. The maximum absolute atomic E-state index is 14.6. The van der Waals surface area contributed by atoms with Crippen LogP contribution in [0.2, 0.25) is 0 Å². The second-order valence-electron chi connectivity index (χ2n) is 7.21. The van der Waals surface area contributed by atoms with E-state index in [1.54, 1.807) is 6.07 Å². The van der Waals surface area contributed by atoms with E-state index in [0.717, 1.165) is 24.0 Å². The van der Waals surface area contributed by atoms with Crippen molar-refractivity contribution in [3.8, 4) is 0 Å². The zero-order valence-corrected chi connectivity index (χ0v) is 14.6. The number of aromatic nitrogens is 1. The molecule has 0 unspecified atom stereocenters. The molecule has 1 saturated heterocycles. The van der Waals surface area contributed by atoms with Gasteiger partial charge in [0.1, 0.15) is 5.82 Å². The summed E-state index contributed by atoms with van der Waals surface area (Å²) < 4.78 is 14.6. The summed E-state index contributed by atoms with van der Waals surface area (Å²) in [6, 6.07) is 8.57. The van der Waals surface area contributed by atoms with Crippen molar-refractivity contribution in [3.05, 3.63) is 75.0 Å². The number of rotatable bonds is 4. The van der Waals surface area contributed by atoms with E-state index in [2.05, 4.69) is 10.3 Å². The Bertz CT molecular complexity index is 957. The Hall–Kier alpha value is -2.69. The van der Waals surface area contributed by atoms with Crippen molar-refractivity contribution in [3.63, 3.8) is 0 Å². The number of halogens is 1. The number of carbonyl (C=O) groups excluding carboxylic acids is 1. The molecule has 1 aromatic carbocycles. The minimum Gasteiger partial charge on any atom is -0.350 e. The van der Waals surface area contributed by atoms with E-state index in [9.17, 15) is 14.0 Å². The smallest absolute Gasteiger partial charge is 0.251 e. The van der Waals surface area contributed by atoms with Crippen LogP contribution in [0.1, 0.15) is 54.0 Å². The SMILES string of the molecule is Cc1ccc(/C(=C/[C@H]2CCC(=O)N2)c2ccc(C3CC3)c(=O)[nH]2)c(F)c1. The maximum Gasteiger partial charge on any atom is 0.251 e. The Morgan fingerprint density at radius 1 is 1.15 bits per heavy atom. The lowest BCUT2D eigenvalue weighted by Crippen LogP contribution is -2.24. The Morgan fingerprint density at radius 2 is 1.96 bits per heavy atom. The highest BCUT2D eigenvalue weighted by Crippen LogP contribution is 2.38. The van der Waals surface area contributed by atoms with Gasteiger partial charge in [-0.25, -0.2) is 4.39 Å². The highest BCUT2D eigenvalue weighted by atomic mass is 19.1. The van der Waals surface area contributed by atoms with Crippen molar-refractivity contribution in [2.75, 3.05) is 0 Å². The number of nitrogens with one attached hydrogen (secondary N) is 2. The standard InChI is InChI=1S/C21H21FN2O2/c1-12-2-6-16(18(22)10-12)17(11-14-5-9-20(25)23-14)19-8-7-15(13-3-4-13)21(26)24-19/h2,6-8,10-11,13-14H,3-5,9H2,1H3,(H,23,25)(H,24,26)/b17-11-/t14-/m1/s1. The number of benzene rings is 1. The third kappa shape index (κ3) is 3.34. The molecule has 0 spiro atoms. The molecule has 5 heteroatoms. The van der Waals surface area contributed by atoms with Crippen LogP contribution in [0.5, 0.6) is 0 Å². The molecule has 0 radical (unpaired) electrons. The molecule has 4 nitrogen and oxygen atoms in total. The minimum absolute atomic E-state index is 0.00690. The largest absolute Gasteiger partial charge is 0.350 e. The summed E-state index contributed by atoms with van der Waals surface area (Å²) >= 11 is 0. The van der Waals surface area contributed by atoms with E-state index in [1.807, 2.05) is 31.2 Å². The fourth-order valence-electron chi connectivity index (χ4n) is 3.48. The predicted molar refractivity (Wildman–Crippen MR) is 98.4 cm³/mol. The van der Waals surface area contributed by atoms with Crippen LogP contribution < -0.4 is 10.9 Å². The molecule has 1 aliphatic heterocycles. The van der Waals surface area contributed by atoms with Gasteiger partial charge in [0.15, 0.2) is 0 Å². The molecular weight excluding hydrogens is 331 g/mol. The van der Waals surface area contributed by atoms with Crippen molar-refractivity contribution in [2.24, 2.45) is 0 Å². The molecule has 134 valence electrons. The molecule has 2 aliphatic rings. The summed E-state index contributed by atoms with van der Waals surface area (Å²) in [5.74, 6) is 0.00528. The van der Waals surface area contributed by atoms with Gasteiger partial charge in [-0.15, -0.1) is 0 Å². The van der Waals surface area contributed by atoms with Gasteiger partial charge in [0.2, 0.25) is 5.91 Å². The minimum atomic E-state index is -0.340. The number of hydrogen-bond acceptors (Lipinski definition) is 2. The Morgan fingerprint density at radius 3 is 2.58 bits per heavy atom. The van der Waals surface area contributed by atoms with Gasteiger partial charge in [0.25, 0.3) is 5.56 Å². The van der Waals surface area contributed by atoms with Gasteiger partial charge in [0.05, 0.1) is 0 Å². The molecular formula is C21H21FN2O2. The van der Waals surface area contributed by atoms with Gasteiger partial charge < -0.3 is 10.3 Å². The average molecular weight is 352 g/mol. The van der Waals surface area contributed by atoms with Crippen LogP contribution >= 0.6 is 0 Å². The normalized spacial score (nSPS) is 20.3. The first-order valence-corrected chi connectivity index (χ1v) is 9.02. The van der Waals surface area contributed by atoms with Crippen LogP contribution in [0.3, 0.4) is 0 Å². The Balaban J connectivity index is 1.79. The topological polar surface area (TPSA) is 62.0 Å². The van der Waals surface area contributed by atoms with Gasteiger partial charge in [-0.3, -0.25) is 9.59 Å². The number of amides is 1. The van der Waals surface area contributed by atoms with Crippen molar-refractivity contribution < 1.29 is 9.18 Å². The van der Waals surface area contributed by atoms with Crippen molar-refractivity contribution >= 4 is 11.5 Å². The predicted octanol–water partition coefficient (Wildman–Crippen LogP) is 3.41. The summed E-state index contributed by atoms with van der Waals surface area (Å²) in [6.07, 6.45) is 5.07. The fourth-order valence-corrected chi connectivity index (χ4v) is 3.48. The van der Waals surface area contributed by atoms with Crippen molar-refractivity contribution in [1.82, 2.24) is 10.3 Å². The first-order chi connectivity index (χ1) is 12.5.